The van der Waals surface area contributed by atoms with Crippen molar-refractivity contribution in [2.24, 2.45) is 0 Å². The second kappa shape index (κ2) is 8.27. The van der Waals surface area contributed by atoms with E-state index in [1.807, 2.05) is 34.9 Å². The Morgan fingerprint density at radius 3 is 2.64 bits per heavy atom. The predicted molar refractivity (Wildman–Crippen MR) is 109 cm³/mol. The van der Waals surface area contributed by atoms with Crippen LogP contribution in [-0.4, -0.2) is 47.2 Å². The van der Waals surface area contributed by atoms with E-state index in [2.05, 4.69) is 23.2 Å². The summed E-state index contributed by atoms with van der Waals surface area (Å²) in [5, 5.41) is 9.29. The highest BCUT2D eigenvalue weighted by atomic mass is 32.2. The lowest BCUT2D eigenvalue weighted by Crippen LogP contribution is -2.50. The summed E-state index contributed by atoms with van der Waals surface area (Å²) in [6.45, 7) is 4.58. The summed E-state index contributed by atoms with van der Waals surface area (Å²) in [4.78, 5) is 21.1. The van der Waals surface area contributed by atoms with E-state index in [9.17, 15) is 10.1 Å². The number of carbonyl (C=O) groups is 1. The van der Waals surface area contributed by atoms with Crippen LogP contribution in [-0.2, 0) is 10.5 Å². The largest absolute Gasteiger partial charge is 0.423 e. The molecule has 0 spiro atoms. The third kappa shape index (κ3) is 4.17. The van der Waals surface area contributed by atoms with Gasteiger partial charge in [-0.25, -0.2) is 4.98 Å². The standard InChI is InChI=1S/C21H24N4O2S/c1-15(28-14-16-5-3-2-4-6-16)20(26)24-9-11-25(12-10-24)21-18(13-22)23-19(27-21)17-7-8-17/h2-6,15,17H,7-12,14H2,1H3/t15-/m1/s1. The zero-order valence-corrected chi connectivity index (χ0v) is 16.8. The Labute approximate surface area is 169 Å². The van der Waals surface area contributed by atoms with E-state index in [1.54, 1.807) is 11.8 Å². The highest BCUT2D eigenvalue weighted by Crippen LogP contribution is 2.41. The fraction of sp³-hybridized carbons (Fsp3) is 0.476. The summed E-state index contributed by atoms with van der Waals surface area (Å²) in [6.07, 6.45) is 2.18. The smallest absolute Gasteiger partial charge is 0.235 e. The molecule has 146 valence electrons. The van der Waals surface area contributed by atoms with Crippen molar-refractivity contribution in [3.8, 4) is 6.07 Å². The molecule has 2 aromatic rings. The normalized spacial score (nSPS) is 18.0. The van der Waals surface area contributed by atoms with Crippen molar-refractivity contribution in [3.05, 3.63) is 47.5 Å². The van der Waals surface area contributed by atoms with Gasteiger partial charge in [0.2, 0.25) is 23.4 Å². The van der Waals surface area contributed by atoms with Crippen molar-refractivity contribution in [2.75, 3.05) is 31.1 Å². The van der Waals surface area contributed by atoms with Crippen molar-refractivity contribution in [3.63, 3.8) is 0 Å². The lowest BCUT2D eigenvalue weighted by atomic mass is 10.2. The number of nitriles is 1. The van der Waals surface area contributed by atoms with Crippen LogP contribution < -0.4 is 4.90 Å². The zero-order chi connectivity index (χ0) is 19.5. The first kappa shape index (κ1) is 18.9. The summed E-state index contributed by atoms with van der Waals surface area (Å²) in [5.74, 6) is 2.66. The molecule has 4 rings (SSSR count). The molecule has 1 aromatic heterocycles. The minimum absolute atomic E-state index is 0.0758. The van der Waals surface area contributed by atoms with Crippen LogP contribution in [0.5, 0.6) is 0 Å². The molecule has 1 aromatic carbocycles. The van der Waals surface area contributed by atoms with Gasteiger partial charge in [-0.15, -0.1) is 11.8 Å². The number of hydrogen-bond donors (Lipinski definition) is 0. The van der Waals surface area contributed by atoms with Crippen LogP contribution in [0.4, 0.5) is 5.88 Å². The van der Waals surface area contributed by atoms with Crippen LogP contribution in [0.1, 0.15) is 42.8 Å². The molecular formula is C21H24N4O2S. The van der Waals surface area contributed by atoms with Gasteiger partial charge in [0.15, 0.2) is 0 Å². The predicted octanol–water partition coefficient (Wildman–Crippen LogP) is 3.39. The molecule has 0 bridgehead atoms. The summed E-state index contributed by atoms with van der Waals surface area (Å²) >= 11 is 1.67. The quantitative estimate of drug-likeness (QED) is 0.745. The number of thioether (sulfide) groups is 1. The Kier molecular flexibility index (Phi) is 5.58. The van der Waals surface area contributed by atoms with E-state index in [-0.39, 0.29) is 11.2 Å². The third-order valence-electron chi connectivity index (χ3n) is 5.23. The maximum atomic E-state index is 12.8. The molecule has 0 unspecified atom stereocenters. The van der Waals surface area contributed by atoms with E-state index in [4.69, 9.17) is 4.42 Å². The molecule has 1 aliphatic heterocycles. The minimum Gasteiger partial charge on any atom is -0.423 e. The molecular weight excluding hydrogens is 372 g/mol. The van der Waals surface area contributed by atoms with Gasteiger partial charge in [0.25, 0.3) is 0 Å². The van der Waals surface area contributed by atoms with Gasteiger partial charge in [-0.1, -0.05) is 30.3 Å². The topological polar surface area (TPSA) is 73.4 Å². The number of carbonyl (C=O) groups excluding carboxylic acids is 1. The van der Waals surface area contributed by atoms with Crippen molar-refractivity contribution in [1.82, 2.24) is 9.88 Å². The first-order chi connectivity index (χ1) is 13.7. The van der Waals surface area contributed by atoms with Gasteiger partial charge in [0.1, 0.15) is 6.07 Å². The second-order valence-electron chi connectivity index (χ2n) is 7.34. The van der Waals surface area contributed by atoms with Crippen LogP contribution in [0.15, 0.2) is 34.7 Å². The number of benzene rings is 1. The third-order valence-corrected chi connectivity index (χ3v) is 6.43. The average molecular weight is 397 g/mol. The molecule has 7 heteroatoms. The number of hydrogen-bond acceptors (Lipinski definition) is 6. The van der Waals surface area contributed by atoms with Crippen LogP contribution in [0.3, 0.4) is 0 Å². The van der Waals surface area contributed by atoms with E-state index in [1.165, 1.54) is 5.56 Å². The molecule has 2 aliphatic rings. The van der Waals surface area contributed by atoms with Gasteiger partial charge in [-0.05, 0) is 25.3 Å². The molecule has 0 N–H and O–H groups in total. The van der Waals surface area contributed by atoms with Crippen molar-refractivity contribution >= 4 is 23.6 Å². The van der Waals surface area contributed by atoms with Crippen LogP contribution in [0.25, 0.3) is 0 Å². The molecule has 1 saturated carbocycles. The van der Waals surface area contributed by atoms with Crippen molar-refractivity contribution in [2.45, 2.75) is 36.7 Å². The van der Waals surface area contributed by atoms with E-state index >= 15 is 0 Å². The minimum atomic E-state index is -0.0758. The van der Waals surface area contributed by atoms with Gasteiger partial charge >= 0.3 is 0 Å². The van der Waals surface area contributed by atoms with E-state index in [0.717, 1.165) is 18.6 Å². The first-order valence-electron chi connectivity index (χ1n) is 9.76. The second-order valence-corrected chi connectivity index (χ2v) is 8.67. The maximum absolute atomic E-state index is 12.8. The fourth-order valence-electron chi connectivity index (χ4n) is 3.37. The molecule has 1 atom stereocenters. The molecule has 0 radical (unpaired) electrons. The van der Waals surface area contributed by atoms with E-state index < -0.39 is 0 Å². The summed E-state index contributed by atoms with van der Waals surface area (Å²) in [6, 6.07) is 12.4. The summed E-state index contributed by atoms with van der Waals surface area (Å²) in [7, 11) is 0. The zero-order valence-electron chi connectivity index (χ0n) is 16.0. The molecule has 1 amide bonds. The number of anilines is 1. The highest BCUT2D eigenvalue weighted by Gasteiger charge is 2.33. The number of amides is 1. The van der Waals surface area contributed by atoms with Gasteiger partial charge < -0.3 is 14.2 Å². The molecule has 28 heavy (non-hydrogen) atoms. The lowest BCUT2D eigenvalue weighted by Gasteiger charge is -2.35. The Hall–Kier alpha value is -2.46. The van der Waals surface area contributed by atoms with Gasteiger partial charge in [0, 0.05) is 37.8 Å². The number of oxazole rings is 1. The summed E-state index contributed by atoms with van der Waals surface area (Å²) < 4.78 is 5.88. The van der Waals surface area contributed by atoms with Gasteiger partial charge in [0.05, 0.1) is 5.25 Å². The Morgan fingerprint density at radius 1 is 1.29 bits per heavy atom. The Bertz CT molecular complexity index is 864. The number of aromatic nitrogens is 1. The SMILES string of the molecule is C[C@@H](SCc1ccccc1)C(=O)N1CCN(c2oc(C3CC3)nc2C#N)CC1. The number of nitrogens with zero attached hydrogens (tertiary/aromatic N) is 4. The number of piperazine rings is 1. The lowest BCUT2D eigenvalue weighted by molar-refractivity contribution is -0.130. The first-order valence-corrected chi connectivity index (χ1v) is 10.8. The van der Waals surface area contributed by atoms with Gasteiger partial charge in [-0.3, -0.25) is 4.79 Å². The van der Waals surface area contributed by atoms with Crippen LogP contribution in [0, 0.1) is 11.3 Å². The highest BCUT2D eigenvalue weighted by molar-refractivity contribution is 7.99. The molecule has 6 nitrogen and oxygen atoms in total. The van der Waals surface area contributed by atoms with Crippen LogP contribution >= 0.6 is 11.8 Å². The Balaban J connectivity index is 1.31. The van der Waals surface area contributed by atoms with Crippen LogP contribution in [0.2, 0.25) is 0 Å². The Morgan fingerprint density at radius 2 is 2.00 bits per heavy atom. The summed E-state index contributed by atoms with van der Waals surface area (Å²) in [5.41, 5.74) is 1.60. The van der Waals surface area contributed by atoms with Crippen molar-refractivity contribution < 1.29 is 9.21 Å². The van der Waals surface area contributed by atoms with Crippen molar-refractivity contribution in [1.29, 1.82) is 5.26 Å². The monoisotopic (exact) mass is 396 g/mol. The molecule has 1 saturated heterocycles. The van der Waals surface area contributed by atoms with Gasteiger partial charge in [-0.2, -0.15) is 5.26 Å². The van der Waals surface area contributed by atoms with E-state index in [0.29, 0.717) is 49.6 Å². The molecule has 2 fully saturated rings. The molecule has 2 heterocycles. The number of rotatable bonds is 6. The average Bonchev–Trinajstić information content (AvgIpc) is 3.51. The maximum Gasteiger partial charge on any atom is 0.235 e. The fourth-order valence-corrected chi connectivity index (χ4v) is 4.30. The molecule has 1 aliphatic carbocycles.